The smallest absolute Gasteiger partial charge is 0.0991 e. The van der Waals surface area contributed by atoms with Crippen molar-refractivity contribution in [3.05, 3.63) is 58.6 Å². The number of rotatable bonds is 1. The van der Waals surface area contributed by atoms with E-state index in [4.69, 9.17) is 16.9 Å². The van der Waals surface area contributed by atoms with Gasteiger partial charge in [-0.3, -0.25) is 0 Å². The Balaban J connectivity index is 2.19. The van der Waals surface area contributed by atoms with E-state index in [9.17, 15) is 0 Å². The fraction of sp³-hybridized carbons (Fsp3) is 0.0625. The molecule has 1 heterocycles. The Hall–Kier alpha value is -1.82. The Labute approximate surface area is 120 Å². The highest BCUT2D eigenvalue weighted by Crippen LogP contribution is 2.39. The van der Waals surface area contributed by atoms with Crippen LogP contribution in [-0.4, -0.2) is 0 Å². The fourth-order valence-corrected chi connectivity index (χ4v) is 3.53. The number of hydrogen-bond acceptors (Lipinski definition) is 2. The van der Waals surface area contributed by atoms with Gasteiger partial charge in [0.25, 0.3) is 0 Å². The van der Waals surface area contributed by atoms with Crippen LogP contribution >= 0.6 is 22.9 Å². The minimum atomic E-state index is 0.686. The monoisotopic (exact) mass is 283 g/mol. The van der Waals surface area contributed by atoms with Crippen molar-refractivity contribution in [3.63, 3.8) is 0 Å². The van der Waals surface area contributed by atoms with Crippen LogP contribution in [0.2, 0.25) is 5.02 Å². The molecule has 0 N–H and O–H groups in total. The summed E-state index contributed by atoms with van der Waals surface area (Å²) in [5, 5.41) is 10.8. The Morgan fingerprint density at radius 1 is 1.11 bits per heavy atom. The first kappa shape index (κ1) is 12.2. The van der Waals surface area contributed by atoms with E-state index in [-0.39, 0.29) is 0 Å². The van der Waals surface area contributed by atoms with Gasteiger partial charge in [-0.05, 0) is 53.8 Å². The molecule has 92 valence electrons. The molecule has 0 amide bonds. The Morgan fingerprint density at radius 2 is 1.84 bits per heavy atom. The summed E-state index contributed by atoms with van der Waals surface area (Å²) in [5.74, 6) is 0. The van der Waals surface area contributed by atoms with Crippen LogP contribution in [0.4, 0.5) is 0 Å². The molecule has 3 aromatic rings. The molecule has 0 aliphatic carbocycles. The molecule has 3 rings (SSSR count). The summed E-state index contributed by atoms with van der Waals surface area (Å²) >= 11 is 7.81. The normalized spacial score (nSPS) is 10.6. The maximum atomic E-state index is 8.84. The molecule has 0 unspecified atom stereocenters. The first-order chi connectivity index (χ1) is 9.19. The van der Waals surface area contributed by atoms with Gasteiger partial charge in [0.1, 0.15) is 0 Å². The fourth-order valence-electron chi connectivity index (χ4n) is 2.16. The predicted octanol–water partition coefficient (Wildman–Crippen LogP) is 5.40. The molecule has 0 atom stereocenters. The summed E-state index contributed by atoms with van der Waals surface area (Å²) in [4.78, 5) is 1.24. The molecule has 2 aromatic carbocycles. The van der Waals surface area contributed by atoms with E-state index in [1.54, 1.807) is 11.3 Å². The van der Waals surface area contributed by atoms with Crippen LogP contribution < -0.4 is 0 Å². The second-order valence-corrected chi connectivity index (χ2v) is 5.87. The summed E-state index contributed by atoms with van der Waals surface area (Å²) in [6.45, 7) is 2.11. The maximum Gasteiger partial charge on any atom is 0.0991 e. The summed E-state index contributed by atoms with van der Waals surface area (Å²) in [6, 6.07) is 15.8. The van der Waals surface area contributed by atoms with Gasteiger partial charge in [0.2, 0.25) is 0 Å². The van der Waals surface area contributed by atoms with Gasteiger partial charge in [-0.1, -0.05) is 23.7 Å². The highest BCUT2D eigenvalue weighted by atomic mass is 35.5. The molecule has 1 nitrogen and oxygen atoms in total. The van der Waals surface area contributed by atoms with Gasteiger partial charge in [-0.2, -0.15) is 5.26 Å². The van der Waals surface area contributed by atoms with Crippen molar-refractivity contribution < 1.29 is 0 Å². The Bertz CT molecular complexity index is 794. The minimum Gasteiger partial charge on any atom is -0.192 e. The van der Waals surface area contributed by atoms with Gasteiger partial charge in [-0.25, -0.2) is 0 Å². The van der Waals surface area contributed by atoms with Crippen LogP contribution in [0.5, 0.6) is 0 Å². The quantitative estimate of drug-likeness (QED) is 0.586. The molecule has 0 saturated carbocycles. The number of nitrogens with zero attached hydrogens (tertiary/aromatic N) is 1. The average molecular weight is 284 g/mol. The van der Waals surface area contributed by atoms with Crippen LogP contribution in [-0.2, 0) is 0 Å². The van der Waals surface area contributed by atoms with Crippen molar-refractivity contribution in [2.24, 2.45) is 0 Å². The molecule has 0 aliphatic rings. The van der Waals surface area contributed by atoms with E-state index in [0.29, 0.717) is 5.56 Å². The van der Waals surface area contributed by atoms with Gasteiger partial charge in [0.05, 0.1) is 11.6 Å². The second kappa shape index (κ2) is 4.70. The topological polar surface area (TPSA) is 23.8 Å². The molecule has 0 spiro atoms. The standard InChI is InChI=1S/C16H10ClNS/c1-10-14-8-13(17)6-7-15(14)19-16(10)12-4-2-11(9-18)3-5-12/h2-8H,1H3. The molecule has 1 aromatic heterocycles. The van der Waals surface area contributed by atoms with E-state index in [1.807, 2.05) is 36.4 Å². The van der Waals surface area contributed by atoms with E-state index in [1.165, 1.54) is 20.5 Å². The molecule has 0 fully saturated rings. The van der Waals surface area contributed by atoms with Crippen molar-refractivity contribution in [2.45, 2.75) is 6.92 Å². The Kier molecular flexibility index (Phi) is 3.02. The third-order valence-electron chi connectivity index (χ3n) is 3.17. The number of halogens is 1. The first-order valence-corrected chi connectivity index (χ1v) is 7.07. The molecular weight excluding hydrogens is 274 g/mol. The highest BCUT2D eigenvalue weighted by Gasteiger charge is 2.10. The zero-order chi connectivity index (χ0) is 13.4. The minimum absolute atomic E-state index is 0.686. The number of benzene rings is 2. The molecule has 3 heteroatoms. The Morgan fingerprint density at radius 3 is 2.53 bits per heavy atom. The maximum absolute atomic E-state index is 8.84. The molecule has 0 saturated heterocycles. The number of aryl methyl sites for hydroxylation is 1. The van der Waals surface area contributed by atoms with Crippen molar-refractivity contribution >= 4 is 33.0 Å². The van der Waals surface area contributed by atoms with E-state index in [0.717, 1.165) is 10.6 Å². The van der Waals surface area contributed by atoms with Crippen LogP contribution in [0.25, 0.3) is 20.5 Å². The third-order valence-corrected chi connectivity index (χ3v) is 4.73. The molecular formula is C16H10ClNS. The first-order valence-electron chi connectivity index (χ1n) is 5.88. The SMILES string of the molecule is Cc1c(-c2ccc(C#N)cc2)sc2ccc(Cl)cc12. The van der Waals surface area contributed by atoms with Gasteiger partial charge in [0.15, 0.2) is 0 Å². The van der Waals surface area contributed by atoms with Crippen LogP contribution in [0.15, 0.2) is 42.5 Å². The van der Waals surface area contributed by atoms with Crippen molar-refractivity contribution in [1.29, 1.82) is 5.26 Å². The van der Waals surface area contributed by atoms with Crippen molar-refractivity contribution in [3.8, 4) is 16.5 Å². The zero-order valence-corrected chi connectivity index (χ0v) is 11.8. The number of fused-ring (bicyclic) bond motifs is 1. The van der Waals surface area contributed by atoms with Crippen molar-refractivity contribution in [2.75, 3.05) is 0 Å². The largest absolute Gasteiger partial charge is 0.192 e. The lowest BCUT2D eigenvalue weighted by molar-refractivity contribution is 1.48. The van der Waals surface area contributed by atoms with Crippen LogP contribution in [0.3, 0.4) is 0 Å². The van der Waals surface area contributed by atoms with Crippen LogP contribution in [0.1, 0.15) is 11.1 Å². The summed E-state index contributed by atoms with van der Waals surface area (Å²) in [7, 11) is 0. The van der Waals surface area contributed by atoms with Gasteiger partial charge >= 0.3 is 0 Å². The molecule has 19 heavy (non-hydrogen) atoms. The molecule has 0 aliphatic heterocycles. The average Bonchev–Trinajstić information content (AvgIpc) is 2.76. The van der Waals surface area contributed by atoms with Crippen molar-refractivity contribution in [1.82, 2.24) is 0 Å². The lowest BCUT2D eigenvalue weighted by Crippen LogP contribution is -1.78. The summed E-state index contributed by atoms with van der Waals surface area (Å²) < 4.78 is 1.24. The molecule has 0 radical (unpaired) electrons. The summed E-state index contributed by atoms with van der Waals surface area (Å²) in [6.07, 6.45) is 0. The van der Waals surface area contributed by atoms with Gasteiger partial charge < -0.3 is 0 Å². The second-order valence-electron chi connectivity index (χ2n) is 4.39. The van der Waals surface area contributed by atoms with E-state index < -0.39 is 0 Å². The van der Waals surface area contributed by atoms with E-state index >= 15 is 0 Å². The highest BCUT2D eigenvalue weighted by molar-refractivity contribution is 7.22. The lowest BCUT2D eigenvalue weighted by Gasteiger charge is -1.99. The van der Waals surface area contributed by atoms with Gasteiger partial charge in [-0.15, -0.1) is 11.3 Å². The van der Waals surface area contributed by atoms with E-state index in [2.05, 4.69) is 19.1 Å². The zero-order valence-electron chi connectivity index (χ0n) is 10.3. The van der Waals surface area contributed by atoms with Crippen LogP contribution in [0, 0.1) is 18.3 Å². The predicted molar refractivity (Wildman–Crippen MR) is 81.7 cm³/mol. The number of thiophene rings is 1. The van der Waals surface area contributed by atoms with Gasteiger partial charge in [0, 0.05) is 14.6 Å². The summed E-state index contributed by atoms with van der Waals surface area (Å²) in [5.41, 5.74) is 3.08. The lowest BCUT2D eigenvalue weighted by atomic mass is 10.1. The third kappa shape index (κ3) is 2.12. The number of hydrogen-bond donors (Lipinski definition) is 0. The number of nitriles is 1. The molecule has 0 bridgehead atoms.